The number of aryl methyl sites for hydroxylation is 2. The first kappa shape index (κ1) is 19.5. The Bertz CT molecular complexity index is 1290. The van der Waals surface area contributed by atoms with Gasteiger partial charge in [0.25, 0.3) is 5.91 Å². The van der Waals surface area contributed by atoms with Gasteiger partial charge in [-0.05, 0) is 36.2 Å². The summed E-state index contributed by atoms with van der Waals surface area (Å²) in [5.41, 5.74) is 1.26. The number of benzene rings is 2. The summed E-state index contributed by atoms with van der Waals surface area (Å²) in [6.45, 7) is 1.83. The molecule has 6 nitrogen and oxygen atoms in total. The van der Waals surface area contributed by atoms with Gasteiger partial charge in [-0.15, -0.1) is 0 Å². The molecule has 0 saturated heterocycles. The van der Waals surface area contributed by atoms with Crippen molar-refractivity contribution in [2.24, 2.45) is 7.05 Å². The average Bonchev–Trinajstić information content (AvgIpc) is 3.03. The molecule has 0 aliphatic rings. The van der Waals surface area contributed by atoms with Crippen LogP contribution in [0.2, 0.25) is 0 Å². The van der Waals surface area contributed by atoms with E-state index in [0.717, 1.165) is 17.3 Å². The van der Waals surface area contributed by atoms with Gasteiger partial charge in [0.15, 0.2) is 17.2 Å². The molecule has 2 aromatic heterocycles. The molecule has 2 aromatic carbocycles. The van der Waals surface area contributed by atoms with Crippen molar-refractivity contribution in [3.63, 3.8) is 0 Å². The Morgan fingerprint density at radius 2 is 1.80 bits per heavy atom. The van der Waals surface area contributed by atoms with Crippen LogP contribution < -0.4 is 10.7 Å². The molecule has 0 aliphatic carbocycles. The van der Waals surface area contributed by atoms with Crippen LogP contribution >= 0.6 is 0 Å². The van der Waals surface area contributed by atoms with Crippen molar-refractivity contribution >= 4 is 28.4 Å². The van der Waals surface area contributed by atoms with Crippen molar-refractivity contribution in [1.82, 2.24) is 9.55 Å². The molecule has 4 aromatic rings. The molecule has 0 fully saturated rings. The summed E-state index contributed by atoms with van der Waals surface area (Å²) in [6, 6.07) is 11.3. The molecule has 0 saturated carbocycles. The molecule has 8 heteroatoms. The number of carbonyl (C=O) groups is 1. The van der Waals surface area contributed by atoms with Crippen molar-refractivity contribution < 1.29 is 18.0 Å². The van der Waals surface area contributed by atoms with Crippen molar-refractivity contribution in [3.05, 3.63) is 88.2 Å². The van der Waals surface area contributed by atoms with E-state index in [9.17, 15) is 18.4 Å². The molecule has 0 spiro atoms. The van der Waals surface area contributed by atoms with E-state index in [1.807, 2.05) is 6.92 Å². The Morgan fingerprint density at radius 1 is 1.13 bits per heavy atom. The van der Waals surface area contributed by atoms with E-state index in [2.05, 4.69) is 4.98 Å². The van der Waals surface area contributed by atoms with Crippen LogP contribution in [-0.4, -0.2) is 15.5 Å². The van der Waals surface area contributed by atoms with Crippen LogP contribution in [0.15, 0.2) is 64.1 Å². The maximum atomic E-state index is 14.7. The van der Waals surface area contributed by atoms with Crippen molar-refractivity contribution in [2.45, 2.75) is 13.3 Å². The number of oxazole rings is 1. The molecule has 152 valence electrons. The Kier molecular flexibility index (Phi) is 4.91. The fraction of sp³-hybridized carbons (Fsp3) is 0.136. The number of rotatable bonds is 4. The maximum absolute atomic E-state index is 14.7. The molecule has 4 rings (SSSR count). The largest absolute Gasteiger partial charge is 0.419 e. The highest BCUT2D eigenvalue weighted by Crippen LogP contribution is 2.36. The number of hydrogen-bond donors (Lipinski definition) is 0. The van der Waals surface area contributed by atoms with E-state index in [4.69, 9.17) is 4.42 Å². The van der Waals surface area contributed by atoms with Crippen LogP contribution in [0.3, 0.4) is 0 Å². The second-order valence-corrected chi connectivity index (χ2v) is 6.69. The van der Waals surface area contributed by atoms with Crippen LogP contribution in [-0.2, 0) is 13.5 Å². The summed E-state index contributed by atoms with van der Waals surface area (Å²) in [5.74, 6) is -3.17. The average molecular weight is 409 g/mol. The van der Waals surface area contributed by atoms with Crippen LogP contribution in [0.4, 0.5) is 20.2 Å². The number of pyridine rings is 1. The molecule has 0 N–H and O–H groups in total. The second kappa shape index (κ2) is 7.55. The first-order valence-electron chi connectivity index (χ1n) is 9.23. The molecule has 1 amide bonds. The number of carbonyl (C=O) groups excluding carboxylic acids is 1. The molecular formula is C22H17F2N3O3. The second-order valence-electron chi connectivity index (χ2n) is 6.69. The smallest absolute Gasteiger partial charge is 0.408 e. The lowest BCUT2D eigenvalue weighted by molar-refractivity contribution is 0.0997. The van der Waals surface area contributed by atoms with Gasteiger partial charge in [-0.25, -0.2) is 13.6 Å². The maximum Gasteiger partial charge on any atom is 0.419 e. The van der Waals surface area contributed by atoms with E-state index in [1.165, 1.54) is 17.7 Å². The summed E-state index contributed by atoms with van der Waals surface area (Å²) in [4.78, 5) is 29.9. The zero-order valence-corrected chi connectivity index (χ0v) is 16.2. The lowest BCUT2D eigenvalue weighted by Gasteiger charge is -2.26. The number of anilines is 2. The molecule has 2 heterocycles. The molecule has 0 unspecified atom stereocenters. The third-order valence-electron chi connectivity index (χ3n) is 4.89. The third-order valence-corrected chi connectivity index (χ3v) is 4.89. The number of hydrogen-bond acceptors (Lipinski definition) is 4. The Labute approximate surface area is 170 Å². The molecule has 0 bridgehead atoms. The van der Waals surface area contributed by atoms with Gasteiger partial charge in [0.2, 0.25) is 0 Å². The van der Waals surface area contributed by atoms with Gasteiger partial charge in [0.1, 0.15) is 5.69 Å². The van der Waals surface area contributed by atoms with E-state index in [0.29, 0.717) is 23.1 Å². The van der Waals surface area contributed by atoms with Crippen LogP contribution in [0.1, 0.15) is 22.8 Å². The van der Waals surface area contributed by atoms with Crippen molar-refractivity contribution in [1.29, 1.82) is 0 Å². The molecule has 0 atom stereocenters. The number of aromatic nitrogens is 2. The molecule has 0 radical (unpaired) electrons. The van der Waals surface area contributed by atoms with Gasteiger partial charge < -0.3 is 4.42 Å². The standard InChI is InChI=1S/C22H17F2N3O3/c1-3-13-9-19-18(26(2)22(29)30-19)10-17(13)27(20-15(23)11-25-12-16(20)24)21(28)14-7-5-4-6-8-14/h4-12H,3H2,1-2H3. The van der Waals surface area contributed by atoms with Crippen LogP contribution in [0, 0.1) is 11.6 Å². The Morgan fingerprint density at radius 3 is 2.43 bits per heavy atom. The Hall–Kier alpha value is -3.81. The first-order chi connectivity index (χ1) is 14.4. The predicted octanol–water partition coefficient (Wildman–Crippen LogP) is 4.35. The quantitative estimate of drug-likeness (QED) is 0.503. The number of fused-ring (bicyclic) bond motifs is 1. The van der Waals surface area contributed by atoms with Gasteiger partial charge in [0, 0.05) is 12.6 Å². The summed E-state index contributed by atoms with van der Waals surface area (Å²) in [5, 5.41) is 0. The fourth-order valence-electron chi connectivity index (χ4n) is 3.35. The van der Waals surface area contributed by atoms with E-state index in [-0.39, 0.29) is 11.3 Å². The lowest BCUT2D eigenvalue weighted by atomic mass is 10.1. The lowest BCUT2D eigenvalue weighted by Crippen LogP contribution is -2.29. The van der Waals surface area contributed by atoms with Crippen molar-refractivity contribution in [3.8, 4) is 0 Å². The summed E-state index contributed by atoms with van der Waals surface area (Å²) < 4.78 is 35.9. The molecular weight excluding hydrogens is 392 g/mol. The summed E-state index contributed by atoms with van der Waals surface area (Å²) >= 11 is 0. The fourth-order valence-corrected chi connectivity index (χ4v) is 3.35. The van der Waals surface area contributed by atoms with Gasteiger partial charge in [-0.3, -0.25) is 19.2 Å². The topological polar surface area (TPSA) is 68.3 Å². The monoisotopic (exact) mass is 409 g/mol. The van der Waals surface area contributed by atoms with Crippen LogP contribution in [0.25, 0.3) is 11.1 Å². The minimum atomic E-state index is -0.984. The van der Waals surface area contributed by atoms with E-state index in [1.54, 1.807) is 36.4 Å². The number of halogens is 2. The first-order valence-corrected chi connectivity index (χ1v) is 9.23. The molecule has 0 aliphatic heterocycles. The Balaban J connectivity index is 2.04. The minimum Gasteiger partial charge on any atom is -0.408 e. The third kappa shape index (κ3) is 3.16. The minimum absolute atomic E-state index is 0.247. The van der Waals surface area contributed by atoms with Gasteiger partial charge in [-0.2, -0.15) is 0 Å². The SMILES string of the molecule is CCc1cc2oc(=O)n(C)c2cc1N(C(=O)c1ccccc1)c1c(F)cncc1F. The summed E-state index contributed by atoms with van der Waals surface area (Å²) in [6.07, 6.45) is 2.12. The van der Waals surface area contributed by atoms with Gasteiger partial charge in [0.05, 0.1) is 23.6 Å². The molecule has 30 heavy (non-hydrogen) atoms. The normalized spacial score (nSPS) is 11.1. The van der Waals surface area contributed by atoms with Gasteiger partial charge >= 0.3 is 5.76 Å². The highest BCUT2D eigenvalue weighted by atomic mass is 19.1. The number of nitrogens with zero attached hydrogens (tertiary/aromatic N) is 3. The van der Waals surface area contributed by atoms with Gasteiger partial charge in [-0.1, -0.05) is 25.1 Å². The van der Waals surface area contributed by atoms with E-state index < -0.39 is 29.0 Å². The highest BCUT2D eigenvalue weighted by molar-refractivity contribution is 6.12. The zero-order chi connectivity index (χ0) is 21.4. The highest BCUT2D eigenvalue weighted by Gasteiger charge is 2.28. The van der Waals surface area contributed by atoms with Crippen molar-refractivity contribution in [2.75, 3.05) is 4.90 Å². The summed E-state index contributed by atoms with van der Waals surface area (Å²) in [7, 11) is 1.51. The van der Waals surface area contributed by atoms with Crippen LogP contribution in [0.5, 0.6) is 0 Å². The van der Waals surface area contributed by atoms with E-state index >= 15 is 0 Å². The zero-order valence-electron chi connectivity index (χ0n) is 16.2. The number of amides is 1. The predicted molar refractivity (Wildman–Crippen MR) is 108 cm³/mol.